The van der Waals surface area contributed by atoms with E-state index in [1.165, 1.54) is 12.1 Å². The van der Waals surface area contributed by atoms with Gasteiger partial charge in [0.05, 0.1) is 0 Å². The van der Waals surface area contributed by atoms with Gasteiger partial charge in [0.1, 0.15) is 5.69 Å². The minimum Gasteiger partial charge on any atom is -0.353 e. The molecular weight excluding hydrogens is 285 g/mol. The van der Waals surface area contributed by atoms with E-state index in [-0.39, 0.29) is 29.3 Å². The van der Waals surface area contributed by atoms with Crippen LogP contribution in [0.5, 0.6) is 0 Å². The number of ketones is 1. The highest BCUT2D eigenvalue weighted by Crippen LogP contribution is 2.28. The fourth-order valence-corrected chi connectivity index (χ4v) is 2.87. The number of Topliss-reactive ketones (excluding diaryl/α,β-unsaturated/α-hetero) is 1. The first-order valence-electron chi connectivity index (χ1n) is 7.73. The van der Waals surface area contributed by atoms with Gasteiger partial charge in [0.25, 0.3) is 0 Å². The number of nitrogens with two attached hydrogens (primary N) is 1. The van der Waals surface area contributed by atoms with Crippen LogP contribution in [0.4, 0.5) is 4.39 Å². The van der Waals surface area contributed by atoms with Crippen LogP contribution in [0, 0.1) is 11.9 Å². The second-order valence-corrected chi connectivity index (χ2v) is 5.80. The molecule has 1 amide bonds. The largest absolute Gasteiger partial charge is 0.353 e. The van der Waals surface area contributed by atoms with E-state index in [1.54, 1.807) is 6.07 Å². The molecule has 0 atom stereocenters. The van der Waals surface area contributed by atoms with Crippen LogP contribution >= 0.6 is 0 Å². The highest BCUT2D eigenvalue weighted by atomic mass is 19.1. The summed E-state index contributed by atoms with van der Waals surface area (Å²) in [5, 5.41) is 2.97. The zero-order valence-electron chi connectivity index (χ0n) is 12.6. The Kier molecular flexibility index (Phi) is 6.00. The predicted molar refractivity (Wildman–Crippen MR) is 80.7 cm³/mol. The van der Waals surface area contributed by atoms with Gasteiger partial charge in [-0.05, 0) is 43.7 Å². The van der Waals surface area contributed by atoms with Gasteiger partial charge in [0.15, 0.2) is 5.78 Å². The van der Waals surface area contributed by atoms with Gasteiger partial charge in [-0.1, -0.05) is 6.07 Å². The molecule has 0 unspecified atom stereocenters. The molecule has 22 heavy (non-hydrogen) atoms. The maximum absolute atomic E-state index is 13.0. The lowest BCUT2D eigenvalue weighted by atomic mass is 9.82. The van der Waals surface area contributed by atoms with E-state index in [0.717, 1.165) is 25.7 Å². The maximum atomic E-state index is 13.0. The minimum atomic E-state index is -0.628. The smallest absolute Gasteiger partial charge is 0.221 e. The van der Waals surface area contributed by atoms with Crippen LogP contribution in [0.15, 0.2) is 18.2 Å². The molecule has 1 aromatic rings. The van der Waals surface area contributed by atoms with E-state index in [9.17, 15) is 14.0 Å². The number of carbonyl (C=O) groups excluding carboxylic acids is 2. The lowest BCUT2D eigenvalue weighted by molar-refractivity contribution is -0.121. The molecule has 0 radical (unpaired) electrons. The number of nitrogens with one attached hydrogen (secondary N) is 1. The Morgan fingerprint density at radius 2 is 2.00 bits per heavy atom. The molecule has 1 heterocycles. The summed E-state index contributed by atoms with van der Waals surface area (Å²) in [6.45, 7) is 0.357. The Hall–Kier alpha value is -1.82. The zero-order valence-corrected chi connectivity index (χ0v) is 12.6. The highest BCUT2D eigenvalue weighted by Gasteiger charge is 2.24. The molecule has 120 valence electrons. The van der Waals surface area contributed by atoms with Gasteiger partial charge in [0.2, 0.25) is 11.9 Å². The van der Waals surface area contributed by atoms with Gasteiger partial charge >= 0.3 is 0 Å². The first-order valence-corrected chi connectivity index (χ1v) is 7.73. The quantitative estimate of drug-likeness (QED) is 0.620. The molecule has 1 saturated carbocycles. The fraction of sp³-hybridized carbons (Fsp3) is 0.562. The third-order valence-corrected chi connectivity index (χ3v) is 4.06. The van der Waals surface area contributed by atoms with Gasteiger partial charge in [-0.25, -0.2) is 4.98 Å². The lowest BCUT2D eigenvalue weighted by Crippen LogP contribution is -2.38. The van der Waals surface area contributed by atoms with Gasteiger partial charge in [-0.15, -0.1) is 0 Å². The fourth-order valence-electron chi connectivity index (χ4n) is 2.87. The third kappa shape index (κ3) is 4.87. The third-order valence-electron chi connectivity index (χ3n) is 4.06. The number of carbonyl (C=O) groups is 2. The maximum Gasteiger partial charge on any atom is 0.221 e. The van der Waals surface area contributed by atoms with Crippen LogP contribution in [0.25, 0.3) is 0 Å². The van der Waals surface area contributed by atoms with Crippen molar-refractivity contribution in [3.63, 3.8) is 0 Å². The van der Waals surface area contributed by atoms with Crippen molar-refractivity contribution in [3.8, 4) is 0 Å². The summed E-state index contributed by atoms with van der Waals surface area (Å²) >= 11 is 0. The topological polar surface area (TPSA) is 85.1 Å². The standard InChI is InChI=1S/C16H22FN3O2/c17-15-3-1-2-13(20-15)14(21)10-11-4-6-12(7-5-11)19-16(22)8-9-18/h1-3,11-12H,4-10,18H2,(H,19,22). The summed E-state index contributed by atoms with van der Waals surface area (Å²) in [7, 11) is 0. The molecule has 2 rings (SSSR count). The monoisotopic (exact) mass is 307 g/mol. The van der Waals surface area contributed by atoms with Crippen molar-refractivity contribution in [3.05, 3.63) is 29.8 Å². The Morgan fingerprint density at radius 1 is 1.27 bits per heavy atom. The Labute approximate surface area is 129 Å². The van der Waals surface area contributed by atoms with Crippen LogP contribution in [0.3, 0.4) is 0 Å². The zero-order chi connectivity index (χ0) is 15.9. The molecule has 0 aliphatic heterocycles. The van der Waals surface area contributed by atoms with E-state index in [1.807, 2.05) is 0 Å². The number of hydrogen-bond donors (Lipinski definition) is 2. The summed E-state index contributed by atoms with van der Waals surface area (Å²) in [4.78, 5) is 27.2. The van der Waals surface area contributed by atoms with Crippen LogP contribution in [-0.4, -0.2) is 29.3 Å². The van der Waals surface area contributed by atoms with E-state index in [0.29, 0.717) is 19.4 Å². The average Bonchev–Trinajstić information content (AvgIpc) is 2.49. The molecule has 1 aliphatic rings. The first kappa shape index (κ1) is 16.5. The van der Waals surface area contributed by atoms with Crippen molar-refractivity contribution in [1.29, 1.82) is 0 Å². The second-order valence-electron chi connectivity index (χ2n) is 5.80. The highest BCUT2D eigenvalue weighted by molar-refractivity contribution is 5.94. The molecule has 0 aromatic carbocycles. The Bertz CT molecular complexity index is 528. The molecule has 1 fully saturated rings. The molecule has 0 saturated heterocycles. The summed E-state index contributed by atoms with van der Waals surface area (Å²) in [5.41, 5.74) is 5.54. The molecule has 0 bridgehead atoms. The van der Waals surface area contributed by atoms with Crippen molar-refractivity contribution >= 4 is 11.7 Å². The Balaban J connectivity index is 1.77. The van der Waals surface area contributed by atoms with E-state index in [4.69, 9.17) is 5.73 Å². The van der Waals surface area contributed by atoms with Gasteiger partial charge in [-0.3, -0.25) is 9.59 Å². The normalized spacial score (nSPS) is 21.4. The second kappa shape index (κ2) is 7.98. The van der Waals surface area contributed by atoms with E-state index < -0.39 is 5.95 Å². The SMILES string of the molecule is NCCC(=O)NC1CCC(CC(=O)c2cccc(F)n2)CC1. The molecule has 5 nitrogen and oxygen atoms in total. The summed E-state index contributed by atoms with van der Waals surface area (Å²) in [6, 6.07) is 4.45. The molecular formula is C16H22FN3O2. The van der Waals surface area contributed by atoms with Crippen molar-refractivity contribution in [1.82, 2.24) is 10.3 Å². The van der Waals surface area contributed by atoms with Crippen LogP contribution in [0.2, 0.25) is 0 Å². The number of aromatic nitrogens is 1. The van der Waals surface area contributed by atoms with Crippen molar-refractivity contribution in [2.24, 2.45) is 11.7 Å². The van der Waals surface area contributed by atoms with Crippen LogP contribution < -0.4 is 11.1 Å². The summed E-state index contributed by atoms with van der Waals surface area (Å²) in [6.07, 6.45) is 4.24. The number of nitrogens with zero attached hydrogens (tertiary/aromatic N) is 1. The lowest BCUT2D eigenvalue weighted by Gasteiger charge is -2.28. The molecule has 6 heteroatoms. The number of amides is 1. The first-order chi connectivity index (χ1) is 10.6. The number of halogens is 1. The molecule has 1 aliphatic carbocycles. The van der Waals surface area contributed by atoms with E-state index >= 15 is 0 Å². The predicted octanol–water partition coefficient (Wildman–Crippen LogP) is 1.82. The van der Waals surface area contributed by atoms with Gasteiger partial charge < -0.3 is 11.1 Å². The van der Waals surface area contributed by atoms with Crippen molar-refractivity contribution < 1.29 is 14.0 Å². The molecule has 3 N–H and O–H groups in total. The van der Waals surface area contributed by atoms with Crippen LogP contribution in [-0.2, 0) is 4.79 Å². The van der Waals surface area contributed by atoms with E-state index in [2.05, 4.69) is 10.3 Å². The summed E-state index contributed by atoms with van der Waals surface area (Å²) in [5.74, 6) is -0.474. The van der Waals surface area contributed by atoms with Crippen LogP contribution in [0.1, 0.15) is 49.0 Å². The molecule has 0 spiro atoms. The number of pyridine rings is 1. The van der Waals surface area contributed by atoms with Crippen molar-refractivity contribution in [2.75, 3.05) is 6.54 Å². The number of rotatable bonds is 6. The average molecular weight is 307 g/mol. The minimum absolute atomic E-state index is 0.00835. The van der Waals surface area contributed by atoms with Gasteiger partial charge in [0, 0.05) is 25.4 Å². The van der Waals surface area contributed by atoms with Gasteiger partial charge in [-0.2, -0.15) is 4.39 Å². The Morgan fingerprint density at radius 3 is 2.64 bits per heavy atom. The number of hydrogen-bond acceptors (Lipinski definition) is 4. The van der Waals surface area contributed by atoms with Crippen molar-refractivity contribution in [2.45, 2.75) is 44.6 Å². The molecule has 1 aromatic heterocycles. The summed E-state index contributed by atoms with van der Waals surface area (Å²) < 4.78 is 13.0.